The molecule has 0 amide bonds. The van der Waals surface area contributed by atoms with Crippen molar-refractivity contribution >= 4 is 5.57 Å². The van der Waals surface area contributed by atoms with E-state index in [4.69, 9.17) is 5.26 Å². The first-order chi connectivity index (χ1) is 7.19. The second kappa shape index (κ2) is 5.31. The molecule has 0 spiro atoms. The number of hydrogen-bond acceptors (Lipinski definition) is 1. The molecule has 0 aliphatic heterocycles. The molecule has 78 valence electrons. The van der Waals surface area contributed by atoms with E-state index < -0.39 is 0 Å². The highest BCUT2D eigenvalue weighted by Crippen LogP contribution is 2.22. The summed E-state index contributed by atoms with van der Waals surface area (Å²) in [5, 5.41) is 8.62. The maximum atomic E-state index is 13.5. The molecule has 1 aromatic rings. The van der Waals surface area contributed by atoms with Crippen LogP contribution in [0.4, 0.5) is 4.39 Å². The van der Waals surface area contributed by atoms with E-state index in [0.717, 1.165) is 12.0 Å². The minimum absolute atomic E-state index is 0.0674. The molecule has 1 rings (SSSR count). The Morgan fingerprint density at radius 3 is 2.40 bits per heavy atom. The highest BCUT2D eigenvalue weighted by Gasteiger charge is 2.03. The fourth-order valence-corrected chi connectivity index (χ4v) is 1.36. The first-order valence-corrected chi connectivity index (χ1v) is 5.04. The van der Waals surface area contributed by atoms with Crippen LogP contribution in [0.1, 0.15) is 37.8 Å². The van der Waals surface area contributed by atoms with Crippen LogP contribution in [0.15, 0.2) is 30.1 Å². The Morgan fingerprint density at radius 2 is 1.93 bits per heavy atom. The number of allylic oxidation sites excluding steroid dienone is 2. The summed E-state index contributed by atoms with van der Waals surface area (Å²) in [6.45, 7) is 3.72. The van der Waals surface area contributed by atoms with Crippen molar-refractivity contribution in [2.45, 2.75) is 26.7 Å². The van der Waals surface area contributed by atoms with Gasteiger partial charge in [0.1, 0.15) is 5.83 Å². The average Bonchev–Trinajstić information content (AvgIpc) is 2.28. The van der Waals surface area contributed by atoms with E-state index in [-0.39, 0.29) is 5.83 Å². The lowest BCUT2D eigenvalue weighted by atomic mass is 10.0. The summed E-state index contributed by atoms with van der Waals surface area (Å²) >= 11 is 0. The predicted octanol–water partition coefficient (Wildman–Crippen LogP) is 4.06. The zero-order valence-corrected chi connectivity index (χ0v) is 9.05. The zero-order valence-electron chi connectivity index (χ0n) is 9.05. The lowest BCUT2D eigenvalue weighted by Gasteiger charge is -2.03. The Balaban J connectivity index is 2.97. The molecule has 0 saturated heterocycles. The smallest absolute Gasteiger partial charge is 0.103 e. The molecule has 0 aliphatic rings. The first kappa shape index (κ1) is 11.5. The van der Waals surface area contributed by atoms with Crippen LogP contribution >= 0.6 is 0 Å². The van der Waals surface area contributed by atoms with Gasteiger partial charge in [-0.25, -0.2) is 4.39 Å². The van der Waals surface area contributed by atoms with Crippen molar-refractivity contribution in [1.29, 1.82) is 5.26 Å². The molecule has 0 N–H and O–H groups in total. The van der Waals surface area contributed by atoms with Gasteiger partial charge in [0.15, 0.2) is 0 Å². The summed E-state index contributed by atoms with van der Waals surface area (Å²) in [4.78, 5) is 0. The van der Waals surface area contributed by atoms with Gasteiger partial charge in [-0.05, 0) is 43.0 Å². The van der Waals surface area contributed by atoms with Gasteiger partial charge < -0.3 is 0 Å². The van der Waals surface area contributed by atoms with E-state index >= 15 is 0 Å². The Morgan fingerprint density at radius 1 is 1.33 bits per heavy atom. The summed E-state index contributed by atoms with van der Waals surface area (Å²) in [5.74, 6) is -0.0674. The number of rotatable bonds is 3. The molecule has 1 aromatic carbocycles. The van der Waals surface area contributed by atoms with Gasteiger partial charge in [0, 0.05) is 0 Å². The van der Waals surface area contributed by atoms with Crippen LogP contribution in [0.25, 0.3) is 5.57 Å². The molecular weight excluding hydrogens is 189 g/mol. The summed E-state index contributed by atoms with van der Waals surface area (Å²) < 4.78 is 13.5. The minimum atomic E-state index is -0.0674. The largest absolute Gasteiger partial charge is 0.212 e. The molecule has 0 radical (unpaired) electrons. The quantitative estimate of drug-likeness (QED) is 0.726. The van der Waals surface area contributed by atoms with Crippen molar-refractivity contribution in [1.82, 2.24) is 0 Å². The van der Waals surface area contributed by atoms with Gasteiger partial charge in [0.25, 0.3) is 0 Å². The maximum Gasteiger partial charge on any atom is 0.103 e. The molecule has 2 heteroatoms. The van der Waals surface area contributed by atoms with Gasteiger partial charge in [-0.15, -0.1) is 0 Å². The molecule has 0 bridgehead atoms. The van der Waals surface area contributed by atoms with E-state index in [2.05, 4.69) is 0 Å². The van der Waals surface area contributed by atoms with E-state index in [0.29, 0.717) is 17.6 Å². The van der Waals surface area contributed by atoms with Crippen LogP contribution in [0.3, 0.4) is 0 Å². The van der Waals surface area contributed by atoms with Crippen molar-refractivity contribution in [3.63, 3.8) is 0 Å². The third-order valence-electron chi connectivity index (χ3n) is 2.32. The second-order valence-corrected chi connectivity index (χ2v) is 3.47. The normalized spacial score (nSPS) is 11.9. The van der Waals surface area contributed by atoms with Gasteiger partial charge in [-0.2, -0.15) is 5.26 Å². The van der Waals surface area contributed by atoms with E-state index in [1.807, 2.05) is 13.0 Å². The van der Waals surface area contributed by atoms with Crippen LogP contribution in [0, 0.1) is 11.3 Å². The number of nitriles is 1. The Bertz CT molecular complexity index is 396. The third-order valence-corrected chi connectivity index (χ3v) is 2.32. The molecule has 0 unspecified atom stereocenters. The molecule has 0 atom stereocenters. The van der Waals surface area contributed by atoms with Crippen molar-refractivity contribution < 1.29 is 4.39 Å². The third kappa shape index (κ3) is 2.92. The van der Waals surface area contributed by atoms with Gasteiger partial charge in [0.05, 0.1) is 11.6 Å². The van der Waals surface area contributed by atoms with Crippen LogP contribution in [-0.2, 0) is 0 Å². The molecule has 0 aromatic heterocycles. The van der Waals surface area contributed by atoms with Crippen molar-refractivity contribution in [3.05, 3.63) is 41.2 Å². The molecule has 0 fully saturated rings. The van der Waals surface area contributed by atoms with Crippen LogP contribution in [0.2, 0.25) is 0 Å². The monoisotopic (exact) mass is 203 g/mol. The minimum Gasteiger partial charge on any atom is -0.212 e. The van der Waals surface area contributed by atoms with Crippen LogP contribution in [-0.4, -0.2) is 0 Å². The van der Waals surface area contributed by atoms with Crippen molar-refractivity contribution in [2.24, 2.45) is 0 Å². The standard InChI is InChI=1S/C13H14FN/c1-3-4-13(14)10(2)12-7-5-11(9-15)6-8-12/h5-8H,3-4H2,1-2H3/b13-10-. The molecule has 15 heavy (non-hydrogen) atoms. The van der Waals surface area contributed by atoms with Crippen LogP contribution in [0.5, 0.6) is 0 Å². The van der Waals surface area contributed by atoms with Gasteiger partial charge in [-0.1, -0.05) is 19.1 Å². The molecular formula is C13H14FN. The predicted molar refractivity (Wildman–Crippen MR) is 59.8 cm³/mol. The first-order valence-electron chi connectivity index (χ1n) is 5.04. The molecule has 1 nitrogen and oxygen atoms in total. The van der Waals surface area contributed by atoms with Crippen molar-refractivity contribution in [3.8, 4) is 6.07 Å². The number of nitrogens with zero attached hydrogens (tertiary/aromatic N) is 1. The highest BCUT2D eigenvalue weighted by atomic mass is 19.1. The SMILES string of the molecule is CCC/C(F)=C(\C)c1ccc(C#N)cc1. The highest BCUT2D eigenvalue weighted by molar-refractivity contribution is 5.65. The molecule has 0 saturated carbocycles. The number of benzene rings is 1. The molecule has 0 aliphatic carbocycles. The summed E-state index contributed by atoms with van der Waals surface area (Å²) in [7, 11) is 0. The van der Waals surface area contributed by atoms with E-state index in [9.17, 15) is 4.39 Å². The van der Waals surface area contributed by atoms with Gasteiger partial charge >= 0.3 is 0 Å². The van der Waals surface area contributed by atoms with Gasteiger partial charge in [-0.3, -0.25) is 0 Å². The summed E-state index contributed by atoms with van der Waals surface area (Å²) in [6, 6.07) is 9.01. The van der Waals surface area contributed by atoms with Crippen molar-refractivity contribution in [2.75, 3.05) is 0 Å². The van der Waals surface area contributed by atoms with E-state index in [1.54, 1.807) is 31.2 Å². The second-order valence-electron chi connectivity index (χ2n) is 3.47. The summed E-state index contributed by atoms with van der Waals surface area (Å²) in [6.07, 6.45) is 1.28. The molecule has 0 heterocycles. The zero-order chi connectivity index (χ0) is 11.3. The fourth-order valence-electron chi connectivity index (χ4n) is 1.36. The lowest BCUT2D eigenvalue weighted by Crippen LogP contribution is -1.85. The van der Waals surface area contributed by atoms with E-state index in [1.165, 1.54) is 0 Å². The van der Waals surface area contributed by atoms with Crippen LogP contribution < -0.4 is 0 Å². The Hall–Kier alpha value is -1.62. The Labute approximate surface area is 89.9 Å². The lowest BCUT2D eigenvalue weighted by molar-refractivity contribution is 0.586. The Kier molecular flexibility index (Phi) is 4.05. The van der Waals surface area contributed by atoms with Gasteiger partial charge in [0.2, 0.25) is 0 Å². The fraction of sp³-hybridized carbons (Fsp3) is 0.308. The maximum absolute atomic E-state index is 13.5. The topological polar surface area (TPSA) is 23.8 Å². The number of halogens is 1. The average molecular weight is 203 g/mol. The number of hydrogen-bond donors (Lipinski definition) is 0. The summed E-state index contributed by atoms with van der Waals surface area (Å²) in [5.41, 5.74) is 2.11.